The first-order chi connectivity index (χ1) is 8.58. The highest BCUT2D eigenvalue weighted by Gasteiger charge is 2.13. The van der Waals surface area contributed by atoms with Gasteiger partial charge < -0.3 is 15.4 Å². The van der Waals surface area contributed by atoms with Gasteiger partial charge in [-0.25, -0.2) is 9.78 Å². The maximum Gasteiger partial charge on any atom is 0.341 e. The lowest BCUT2D eigenvalue weighted by Gasteiger charge is -2.15. The standard InChI is InChI=1S/C12H17N3O2S/c1-4-8(2)14-12(18)15-10-9(11(16)17-3)6-5-7-13-10/h5-8H,4H2,1-3H3,(H2,13,14,15,18). The topological polar surface area (TPSA) is 63.2 Å². The summed E-state index contributed by atoms with van der Waals surface area (Å²) in [5, 5.41) is 6.43. The largest absolute Gasteiger partial charge is 0.465 e. The van der Waals surface area contributed by atoms with Crippen molar-refractivity contribution in [3.63, 3.8) is 0 Å². The highest BCUT2D eigenvalue weighted by molar-refractivity contribution is 7.80. The van der Waals surface area contributed by atoms with Crippen LogP contribution in [0.5, 0.6) is 0 Å². The molecule has 5 nitrogen and oxygen atoms in total. The Morgan fingerprint density at radius 1 is 1.61 bits per heavy atom. The second-order valence-corrected chi connectivity index (χ2v) is 4.21. The number of nitrogens with one attached hydrogen (secondary N) is 2. The molecule has 0 spiro atoms. The maximum atomic E-state index is 11.5. The number of carbonyl (C=O) groups is 1. The Kier molecular flexibility index (Phi) is 5.51. The van der Waals surface area contributed by atoms with Crippen LogP contribution in [0.4, 0.5) is 5.82 Å². The smallest absolute Gasteiger partial charge is 0.341 e. The van der Waals surface area contributed by atoms with Crippen LogP contribution in [-0.4, -0.2) is 29.2 Å². The van der Waals surface area contributed by atoms with Gasteiger partial charge in [-0.1, -0.05) is 6.92 Å². The lowest BCUT2D eigenvalue weighted by atomic mass is 10.2. The van der Waals surface area contributed by atoms with E-state index in [4.69, 9.17) is 12.2 Å². The molecule has 1 aromatic rings. The van der Waals surface area contributed by atoms with Crippen LogP contribution in [0, 0.1) is 0 Å². The summed E-state index contributed by atoms with van der Waals surface area (Å²) >= 11 is 5.15. The van der Waals surface area contributed by atoms with E-state index in [-0.39, 0.29) is 6.04 Å². The summed E-state index contributed by atoms with van der Waals surface area (Å²) in [6.07, 6.45) is 2.54. The zero-order chi connectivity index (χ0) is 13.5. The average molecular weight is 267 g/mol. The van der Waals surface area contributed by atoms with Crippen molar-refractivity contribution >= 4 is 29.1 Å². The van der Waals surface area contributed by atoms with Gasteiger partial charge in [-0.05, 0) is 37.7 Å². The van der Waals surface area contributed by atoms with Gasteiger partial charge in [0.1, 0.15) is 11.4 Å². The fourth-order valence-electron chi connectivity index (χ4n) is 1.25. The van der Waals surface area contributed by atoms with E-state index in [0.717, 1.165) is 6.42 Å². The van der Waals surface area contributed by atoms with E-state index in [9.17, 15) is 4.79 Å². The van der Waals surface area contributed by atoms with E-state index in [1.54, 1.807) is 18.3 Å². The summed E-state index contributed by atoms with van der Waals surface area (Å²) < 4.78 is 4.68. The molecule has 0 aliphatic carbocycles. The summed E-state index contributed by atoms with van der Waals surface area (Å²) in [5.41, 5.74) is 0.355. The number of hydrogen-bond donors (Lipinski definition) is 2. The Bertz CT molecular complexity index is 437. The number of hydrogen-bond acceptors (Lipinski definition) is 4. The van der Waals surface area contributed by atoms with Gasteiger partial charge in [-0.3, -0.25) is 0 Å². The summed E-state index contributed by atoms with van der Waals surface area (Å²) in [6, 6.07) is 3.56. The van der Waals surface area contributed by atoms with E-state index in [1.165, 1.54) is 7.11 Å². The molecule has 0 saturated carbocycles. The fourth-order valence-corrected chi connectivity index (χ4v) is 1.55. The van der Waals surface area contributed by atoms with Gasteiger partial charge in [-0.2, -0.15) is 0 Å². The van der Waals surface area contributed by atoms with Crippen molar-refractivity contribution in [3.05, 3.63) is 23.9 Å². The number of nitrogens with zero attached hydrogens (tertiary/aromatic N) is 1. The number of pyridine rings is 1. The molecule has 1 heterocycles. The number of methoxy groups -OCH3 is 1. The molecular weight excluding hydrogens is 250 g/mol. The molecule has 0 amide bonds. The monoisotopic (exact) mass is 267 g/mol. The predicted octanol–water partition coefficient (Wildman–Crippen LogP) is 1.95. The van der Waals surface area contributed by atoms with E-state index >= 15 is 0 Å². The Labute approximate surface area is 112 Å². The van der Waals surface area contributed by atoms with Crippen LogP contribution in [0.25, 0.3) is 0 Å². The average Bonchev–Trinajstić information content (AvgIpc) is 2.38. The van der Waals surface area contributed by atoms with E-state index in [1.807, 2.05) is 6.92 Å². The molecule has 2 N–H and O–H groups in total. The second kappa shape index (κ2) is 6.90. The molecule has 0 fully saturated rings. The molecule has 0 radical (unpaired) electrons. The Morgan fingerprint density at radius 2 is 2.33 bits per heavy atom. The van der Waals surface area contributed by atoms with Crippen LogP contribution in [0.1, 0.15) is 30.6 Å². The quantitative estimate of drug-likeness (QED) is 0.642. The van der Waals surface area contributed by atoms with Gasteiger partial charge in [0.05, 0.1) is 7.11 Å². The van der Waals surface area contributed by atoms with Gasteiger partial charge in [0.15, 0.2) is 5.11 Å². The number of aromatic nitrogens is 1. The minimum Gasteiger partial charge on any atom is -0.465 e. The molecule has 6 heteroatoms. The molecule has 98 valence electrons. The third-order valence-electron chi connectivity index (χ3n) is 2.43. The van der Waals surface area contributed by atoms with Crippen molar-refractivity contribution in [2.45, 2.75) is 26.3 Å². The zero-order valence-electron chi connectivity index (χ0n) is 10.7. The van der Waals surface area contributed by atoms with Crippen LogP contribution < -0.4 is 10.6 Å². The first-order valence-electron chi connectivity index (χ1n) is 5.69. The third-order valence-corrected chi connectivity index (χ3v) is 2.65. The third kappa shape index (κ3) is 3.96. The van der Waals surface area contributed by atoms with E-state index in [2.05, 4.69) is 27.3 Å². The number of esters is 1. The molecule has 0 bridgehead atoms. The minimum atomic E-state index is -0.447. The molecule has 1 unspecified atom stereocenters. The second-order valence-electron chi connectivity index (χ2n) is 3.80. The van der Waals surface area contributed by atoms with E-state index < -0.39 is 5.97 Å². The summed E-state index contributed by atoms with van der Waals surface area (Å²) in [7, 11) is 1.33. The first kappa shape index (κ1) is 14.4. The molecule has 1 rings (SSSR count). The molecule has 1 atom stereocenters. The van der Waals surface area contributed by atoms with Gasteiger partial charge in [0.2, 0.25) is 0 Å². The predicted molar refractivity (Wildman–Crippen MR) is 74.7 cm³/mol. The molecule has 0 aliphatic rings. The fraction of sp³-hybridized carbons (Fsp3) is 0.417. The van der Waals surface area contributed by atoms with Crippen molar-refractivity contribution in [3.8, 4) is 0 Å². The number of carbonyl (C=O) groups excluding carboxylic acids is 1. The zero-order valence-corrected chi connectivity index (χ0v) is 11.5. The van der Waals surface area contributed by atoms with Crippen molar-refractivity contribution in [1.29, 1.82) is 0 Å². The Morgan fingerprint density at radius 3 is 2.94 bits per heavy atom. The maximum absolute atomic E-state index is 11.5. The highest BCUT2D eigenvalue weighted by atomic mass is 32.1. The Balaban J connectivity index is 2.78. The lowest BCUT2D eigenvalue weighted by molar-refractivity contribution is 0.0601. The van der Waals surface area contributed by atoms with Crippen LogP contribution in [-0.2, 0) is 4.74 Å². The van der Waals surface area contributed by atoms with Crippen molar-refractivity contribution in [1.82, 2.24) is 10.3 Å². The van der Waals surface area contributed by atoms with E-state index in [0.29, 0.717) is 16.5 Å². The number of rotatable bonds is 4. The SMILES string of the molecule is CCC(C)NC(=S)Nc1ncccc1C(=O)OC. The van der Waals surface area contributed by atoms with Crippen LogP contribution in [0.3, 0.4) is 0 Å². The number of anilines is 1. The van der Waals surface area contributed by atoms with Gasteiger partial charge in [0, 0.05) is 12.2 Å². The number of thiocarbonyl (C=S) groups is 1. The van der Waals surface area contributed by atoms with Crippen molar-refractivity contribution in [2.24, 2.45) is 0 Å². The van der Waals surface area contributed by atoms with Gasteiger partial charge >= 0.3 is 5.97 Å². The molecule has 0 aromatic carbocycles. The van der Waals surface area contributed by atoms with Gasteiger partial charge in [-0.15, -0.1) is 0 Å². The molecule has 0 aliphatic heterocycles. The molecular formula is C12H17N3O2S. The minimum absolute atomic E-state index is 0.260. The summed E-state index contributed by atoms with van der Waals surface area (Å²) in [5.74, 6) is -0.0536. The normalized spacial score (nSPS) is 11.5. The van der Waals surface area contributed by atoms with Crippen molar-refractivity contribution < 1.29 is 9.53 Å². The first-order valence-corrected chi connectivity index (χ1v) is 6.10. The molecule has 1 aromatic heterocycles. The lowest BCUT2D eigenvalue weighted by Crippen LogP contribution is -2.36. The van der Waals surface area contributed by atoms with Crippen LogP contribution in [0.2, 0.25) is 0 Å². The van der Waals surface area contributed by atoms with Crippen LogP contribution in [0.15, 0.2) is 18.3 Å². The number of ether oxygens (including phenoxy) is 1. The molecule has 0 saturated heterocycles. The Hall–Kier alpha value is -1.69. The summed E-state index contributed by atoms with van der Waals surface area (Å²) in [4.78, 5) is 15.6. The molecule has 18 heavy (non-hydrogen) atoms. The van der Waals surface area contributed by atoms with Crippen LogP contribution >= 0.6 is 12.2 Å². The highest BCUT2D eigenvalue weighted by Crippen LogP contribution is 2.12. The summed E-state index contributed by atoms with van der Waals surface area (Å²) in [6.45, 7) is 4.08. The van der Waals surface area contributed by atoms with Gasteiger partial charge in [0.25, 0.3) is 0 Å². The van der Waals surface area contributed by atoms with Crippen molar-refractivity contribution in [2.75, 3.05) is 12.4 Å².